The average molecular weight is 357 g/mol. The molecule has 0 aromatic heterocycles. The third kappa shape index (κ3) is 2.75. The minimum Gasteiger partial charge on any atom is -0.353 e. The molecule has 0 unspecified atom stereocenters. The topological polar surface area (TPSA) is 70.0 Å². The molecule has 134 valence electrons. The Hall–Kier alpha value is -3.22. The van der Waals surface area contributed by atoms with Crippen molar-refractivity contribution in [3.63, 3.8) is 0 Å². The molecule has 0 saturated carbocycles. The molecule has 0 amide bonds. The van der Waals surface area contributed by atoms with E-state index in [1.165, 1.54) is 0 Å². The molecular weight excluding hydrogens is 338 g/mol. The molecule has 1 fully saturated rings. The van der Waals surface area contributed by atoms with Gasteiger partial charge in [-0.15, -0.1) is 0 Å². The molecule has 3 aliphatic heterocycles. The van der Waals surface area contributed by atoms with Crippen molar-refractivity contribution in [1.29, 1.82) is 0 Å². The Balaban J connectivity index is 1.56. The fraction of sp³-hybridized carbons (Fsp3) is 0.143. The second-order valence-corrected chi connectivity index (χ2v) is 6.52. The van der Waals surface area contributed by atoms with Crippen LogP contribution in [0.1, 0.15) is 11.1 Å². The first kappa shape index (κ1) is 16.0. The van der Waals surface area contributed by atoms with Gasteiger partial charge in [0.2, 0.25) is 5.72 Å². The predicted octanol–water partition coefficient (Wildman–Crippen LogP) is 3.07. The highest BCUT2D eigenvalue weighted by Crippen LogP contribution is 2.35. The third-order valence-corrected chi connectivity index (χ3v) is 4.85. The van der Waals surface area contributed by atoms with Crippen LogP contribution < -0.4 is 16.0 Å². The van der Waals surface area contributed by atoms with Crippen LogP contribution in [0.2, 0.25) is 0 Å². The summed E-state index contributed by atoms with van der Waals surface area (Å²) in [5.74, 6) is 0. The number of nitrogens with zero attached hydrogens (tertiary/aromatic N) is 2. The summed E-state index contributed by atoms with van der Waals surface area (Å²) in [6.07, 6.45) is 7.31. The van der Waals surface area contributed by atoms with E-state index in [2.05, 4.69) is 25.9 Å². The molecule has 0 bridgehead atoms. The van der Waals surface area contributed by atoms with E-state index in [1.807, 2.05) is 61.0 Å². The minimum atomic E-state index is -0.871. The van der Waals surface area contributed by atoms with E-state index in [9.17, 15) is 0 Å². The molecule has 6 heteroatoms. The van der Waals surface area contributed by atoms with Crippen molar-refractivity contribution in [2.75, 3.05) is 23.8 Å². The zero-order valence-corrected chi connectivity index (χ0v) is 14.6. The summed E-state index contributed by atoms with van der Waals surface area (Å²) in [5, 5.41) is 10.5. The Labute approximate surface area is 157 Å². The van der Waals surface area contributed by atoms with Crippen molar-refractivity contribution >= 4 is 23.8 Å². The molecule has 2 aromatic carbocycles. The highest BCUT2D eigenvalue weighted by molar-refractivity contribution is 5.91. The number of nitrogens with one attached hydrogen (secondary N) is 3. The van der Waals surface area contributed by atoms with Crippen LogP contribution in [0.5, 0.6) is 0 Å². The van der Waals surface area contributed by atoms with E-state index < -0.39 is 5.72 Å². The molecule has 6 nitrogen and oxygen atoms in total. The maximum Gasteiger partial charge on any atom is 0.204 e. The van der Waals surface area contributed by atoms with Crippen molar-refractivity contribution in [3.8, 4) is 0 Å². The van der Waals surface area contributed by atoms with E-state index in [-0.39, 0.29) is 0 Å². The number of ether oxygens (including phenoxy) is 1. The largest absolute Gasteiger partial charge is 0.353 e. The van der Waals surface area contributed by atoms with Gasteiger partial charge >= 0.3 is 0 Å². The molecule has 1 saturated heterocycles. The zero-order chi connectivity index (χ0) is 18.1. The van der Waals surface area contributed by atoms with E-state index in [0.29, 0.717) is 6.61 Å². The second-order valence-electron chi connectivity index (χ2n) is 6.52. The lowest BCUT2D eigenvalue weighted by atomic mass is 10.0. The minimum absolute atomic E-state index is 0.592. The van der Waals surface area contributed by atoms with Crippen molar-refractivity contribution in [1.82, 2.24) is 5.32 Å². The van der Waals surface area contributed by atoms with Gasteiger partial charge in [0.15, 0.2) is 0 Å². The number of rotatable bonds is 2. The number of hydrogen-bond donors (Lipinski definition) is 3. The van der Waals surface area contributed by atoms with Crippen LogP contribution in [0.3, 0.4) is 0 Å². The first-order valence-corrected chi connectivity index (χ1v) is 8.94. The molecule has 0 atom stereocenters. The van der Waals surface area contributed by atoms with Crippen LogP contribution in [0.15, 0.2) is 82.3 Å². The van der Waals surface area contributed by atoms with Crippen molar-refractivity contribution in [3.05, 3.63) is 83.5 Å². The normalized spacial score (nSPS) is 19.6. The maximum absolute atomic E-state index is 6.24. The molecule has 2 aromatic rings. The fourth-order valence-corrected chi connectivity index (χ4v) is 3.52. The summed E-state index contributed by atoms with van der Waals surface area (Å²) in [5.41, 5.74) is 4.79. The van der Waals surface area contributed by atoms with Gasteiger partial charge in [-0.2, -0.15) is 0 Å². The Morgan fingerprint density at radius 3 is 1.85 bits per heavy atom. The first-order valence-electron chi connectivity index (χ1n) is 8.94. The number of anilines is 2. The van der Waals surface area contributed by atoms with E-state index >= 15 is 0 Å². The predicted molar refractivity (Wildman–Crippen MR) is 108 cm³/mol. The lowest BCUT2D eigenvalue weighted by Gasteiger charge is -2.34. The summed E-state index contributed by atoms with van der Waals surface area (Å²) >= 11 is 0. The quantitative estimate of drug-likeness (QED) is 0.773. The van der Waals surface area contributed by atoms with Crippen molar-refractivity contribution in [2.45, 2.75) is 5.72 Å². The van der Waals surface area contributed by atoms with Gasteiger partial charge < -0.3 is 15.4 Å². The van der Waals surface area contributed by atoms with Gasteiger partial charge in [0.25, 0.3) is 0 Å². The number of para-hydroxylation sites is 2. The number of benzene rings is 2. The van der Waals surface area contributed by atoms with Gasteiger partial charge in [-0.3, -0.25) is 15.3 Å². The van der Waals surface area contributed by atoms with Gasteiger partial charge in [0.1, 0.15) is 0 Å². The molecule has 0 radical (unpaired) electrons. The summed E-state index contributed by atoms with van der Waals surface area (Å²) in [7, 11) is 0. The van der Waals surface area contributed by atoms with E-state index in [0.717, 1.165) is 40.4 Å². The van der Waals surface area contributed by atoms with Gasteiger partial charge in [-0.25, -0.2) is 0 Å². The highest BCUT2D eigenvalue weighted by Gasteiger charge is 2.44. The Morgan fingerprint density at radius 2 is 1.33 bits per heavy atom. The van der Waals surface area contributed by atoms with Gasteiger partial charge in [0.05, 0.1) is 30.4 Å². The molecule has 5 rings (SSSR count). The molecular formula is C21H19N5O. The number of fused-ring (bicyclic) bond motifs is 2. The number of hydrogen-bond acceptors (Lipinski definition) is 6. The van der Waals surface area contributed by atoms with E-state index in [4.69, 9.17) is 4.74 Å². The zero-order valence-electron chi connectivity index (χ0n) is 14.6. The summed E-state index contributed by atoms with van der Waals surface area (Å²) < 4.78 is 6.24. The van der Waals surface area contributed by atoms with Crippen LogP contribution >= 0.6 is 0 Å². The average Bonchev–Trinajstić information content (AvgIpc) is 2.96. The van der Waals surface area contributed by atoms with E-state index in [1.54, 1.807) is 12.4 Å². The van der Waals surface area contributed by atoms with Crippen LogP contribution in [-0.2, 0) is 4.74 Å². The molecule has 0 spiro atoms. The second kappa shape index (κ2) is 6.50. The first-order chi connectivity index (χ1) is 13.4. The SMILES string of the molecule is C1=NC=C(C2(C3=CN=Cc4ccccc4N3)NCCO2)Nc2ccccc21. The summed E-state index contributed by atoms with van der Waals surface area (Å²) in [4.78, 5) is 8.97. The van der Waals surface area contributed by atoms with Crippen molar-refractivity contribution in [2.24, 2.45) is 9.98 Å². The standard InChI is InChI=1S/C21H19N5O/c1-3-7-17-15(5-1)11-22-13-19(25-17)21(24-9-10-27-21)20-14-23-12-16-6-2-4-8-18(16)26-20/h1-8,11-14,24-26H,9-10H2. The molecule has 3 aliphatic rings. The fourth-order valence-electron chi connectivity index (χ4n) is 3.52. The van der Waals surface area contributed by atoms with Gasteiger partial charge in [-0.1, -0.05) is 36.4 Å². The smallest absolute Gasteiger partial charge is 0.204 e. The van der Waals surface area contributed by atoms with Crippen LogP contribution in [0, 0.1) is 0 Å². The highest BCUT2D eigenvalue weighted by atomic mass is 16.5. The monoisotopic (exact) mass is 357 g/mol. The Morgan fingerprint density at radius 1 is 0.778 bits per heavy atom. The molecule has 27 heavy (non-hydrogen) atoms. The lowest BCUT2D eigenvalue weighted by molar-refractivity contribution is 0.0552. The molecule has 3 N–H and O–H groups in total. The lowest BCUT2D eigenvalue weighted by Crippen LogP contribution is -2.49. The van der Waals surface area contributed by atoms with Gasteiger partial charge in [-0.05, 0) is 12.1 Å². The molecule has 3 heterocycles. The molecule has 0 aliphatic carbocycles. The summed E-state index contributed by atoms with van der Waals surface area (Å²) in [6.45, 7) is 1.32. The third-order valence-electron chi connectivity index (χ3n) is 4.85. The van der Waals surface area contributed by atoms with Gasteiger partial charge in [0, 0.05) is 41.5 Å². The number of aliphatic imine (C=N–C) groups is 2. The van der Waals surface area contributed by atoms with Crippen LogP contribution in [-0.4, -0.2) is 31.3 Å². The Kier molecular flexibility index (Phi) is 3.85. The maximum atomic E-state index is 6.24. The summed E-state index contributed by atoms with van der Waals surface area (Å²) in [6, 6.07) is 16.1. The van der Waals surface area contributed by atoms with Crippen molar-refractivity contribution < 1.29 is 4.74 Å². The van der Waals surface area contributed by atoms with Crippen LogP contribution in [0.25, 0.3) is 0 Å². The Bertz CT molecular complexity index is 924. The van der Waals surface area contributed by atoms with Crippen LogP contribution in [0.4, 0.5) is 11.4 Å².